The maximum atomic E-state index is 11.6. The lowest BCUT2D eigenvalue weighted by molar-refractivity contribution is -0.139. The molecule has 0 aliphatic heterocycles. The van der Waals surface area contributed by atoms with Gasteiger partial charge in [-0.15, -0.1) is 11.3 Å². The molecule has 19 heavy (non-hydrogen) atoms. The Morgan fingerprint density at radius 1 is 1.47 bits per heavy atom. The molecule has 1 atom stereocenters. The van der Waals surface area contributed by atoms with Crippen molar-refractivity contribution in [2.45, 2.75) is 45.6 Å². The van der Waals surface area contributed by atoms with Crippen molar-refractivity contribution < 1.29 is 14.7 Å². The van der Waals surface area contributed by atoms with Gasteiger partial charge in [0.05, 0.1) is 5.69 Å². The van der Waals surface area contributed by atoms with Crippen molar-refractivity contribution in [3.05, 3.63) is 11.1 Å². The van der Waals surface area contributed by atoms with Gasteiger partial charge >= 0.3 is 12.0 Å². The summed E-state index contributed by atoms with van der Waals surface area (Å²) in [6.45, 7) is 7.79. The molecule has 0 spiro atoms. The van der Waals surface area contributed by atoms with Crippen molar-refractivity contribution in [1.29, 1.82) is 0 Å². The van der Waals surface area contributed by atoms with Crippen molar-refractivity contribution in [2.24, 2.45) is 0 Å². The van der Waals surface area contributed by atoms with Crippen molar-refractivity contribution in [1.82, 2.24) is 10.3 Å². The first-order valence-corrected chi connectivity index (χ1v) is 6.88. The molecular weight excluding hydrogens is 266 g/mol. The van der Waals surface area contributed by atoms with Gasteiger partial charge in [0.2, 0.25) is 0 Å². The van der Waals surface area contributed by atoms with Gasteiger partial charge in [0, 0.05) is 10.8 Å². The monoisotopic (exact) mass is 285 g/mol. The molecule has 1 heterocycles. The zero-order valence-corrected chi connectivity index (χ0v) is 12.3. The van der Waals surface area contributed by atoms with E-state index < -0.39 is 18.0 Å². The number of urea groups is 1. The zero-order valence-electron chi connectivity index (χ0n) is 11.5. The number of aliphatic carboxylic acids is 1. The number of carbonyl (C=O) groups is 2. The van der Waals surface area contributed by atoms with E-state index >= 15 is 0 Å². The molecule has 0 saturated carbocycles. The standard InChI is InChI=1S/C12H19N3O3S/c1-5-7(9(16)17)13-10(18)15-11-14-8(6-19-11)12(2,3)4/h6-7H,5H2,1-4H3,(H,16,17)(H2,13,14,15,18)/t7-/m0/s1. The molecule has 2 amide bonds. The fourth-order valence-corrected chi connectivity index (χ4v) is 2.24. The number of nitrogens with one attached hydrogen (secondary N) is 2. The Kier molecular flexibility index (Phi) is 4.88. The minimum absolute atomic E-state index is 0.0834. The van der Waals surface area contributed by atoms with Crippen molar-refractivity contribution in [2.75, 3.05) is 5.32 Å². The molecule has 0 unspecified atom stereocenters. The molecule has 0 aromatic carbocycles. The number of carboxylic acid groups (broad SMARTS) is 1. The lowest BCUT2D eigenvalue weighted by Crippen LogP contribution is -2.42. The molecule has 3 N–H and O–H groups in total. The summed E-state index contributed by atoms with van der Waals surface area (Å²) < 4.78 is 0. The van der Waals surface area contributed by atoms with Crippen molar-refractivity contribution in [3.63, 3.8) is 0 Å². The highest BCUT2D eigenvalue weighted by Gasteiger charge is 2.20. The number of amides is 2. The van der Waals surface area contributed by atoms with Gasteiger partial charge in [-0.25, -0.2) is 14.6 Å². The minimum Gasteiger partial charge on any atom is -0.480 e. The number of anilines is 1. The Balaban J connectivity index is 2.62. The van der Waals surface area contributed by atoms with Gasteiger partial charge in [-0.2, -0.15) is 0 Å². The second kappa shape index (κ2) is 6.01. The average molecular weight is 285 g/mol. The second-order valence-electron chi connectivity index (χ2n) is 5.19. The summed E-state index contributed by atoms with van der Waals surface area (Å²) in [5, 5.41) is 16.1. The summed E-state index contributed by atoms with van der Waals surface area (Å²) in [6.07, 6.45) is 0.327. The molecule has 0 fully saturated rings. The number of carbonyl (C=O) groups excluding carboxylic acids is 1. The average Bonchev–Trinajstić information content (AvgIpc) is 2.73. The number of hydrogen-bond acceptors (Lipinski definition) is 4. The lowest BCUT2D eigenvalue weighted by Gasteiger charge is -2.14. The lowest BCUT2D eigenvalue weighted by atomic mass is 9.93. The first-order valence-electron chi connectivity index (χ1n) is 6.00. The summed E-state index contributed by atoms with van der Waals surface area (Å²) in [6, 6.07) is -1.44. The van der Waals surface area contributed by atoms with E-state index in [0.717, 1.165) is 5.69 Å². The Hall–Kier alpha value is -1.63. The maximum Gasteiger partial charge on any atom is 0.326 e. The Morgan fingerprint density at radius 3 is 2.53 bits per heavy atom. The molecule has 0 saturated heterocycles. The van der Waals surface area contributed by atoms with Crippen LogP contribution in [-0.4, -0.2) is 28.1 Å². The number of thiazole rings is 1. The SMILES string of the molecule is CC[C@H](NC(=O)Nc1nc(C(C)(C)C)cs1)C(=O)O. The number of aromatic nitrogens is 1. The van der Waals surface area contributed by atoms with Crippen LogP contribution < -0.4 is 10.6 Å². The highest BCUT2D eigenvalue weighted by molar-refractivity contribution is 7.13. The Morgan fingerprint density at radius 2 is 2.11 bits per heavy atom. The third-order valence-corrected chi connectivity index (χ3v) is 3.26. The fourth-order valence-electron chi connectivity index (χ4n) is 1.31. The van der Waals surface area contributed by atoms with E-state index in [1.54, 1.807) is 6.92 Å². The summed E-state index contributed by atoms with van der Waals surface area (Å²) >= 11 is 1.32. The first-order chi connectivity index (χ1) is 8.74. The molecule has 1 aromatic heterocycles. The highest BCUT2D eigenvalue weighted by Crippen LogP contribution is 2.26. The topological polar surface area (TPSA) is 91.3 Å². The molecule has 6 nitrogen and oxygen atoms in total. The largest absolute Gasteiger partial charge is 0.480 e. The van der Waals surface area contributed by atoms with E-state index in [1.807, 2.05) is 26.2 Å². The number of rotatable bonds is 4. The van der Waals surface area contributed by atoms with Gasteiger partial charge < -0.3 is 10.4 Å². The van der Waals surface area contributed by atoms with E-state index in [4.69, 9.17) is 5.11 Å². The Labute approximate surface area is 116 Å². The molecule has 0 radical (unpaired) electrons. The van der Waals surface area contributed by atoms with Crippen LogP contribution in [0.5, 0.6) is 0 Å². The fraction of sp³-hybridized carbons (Fsp3) is 0.583. The van der Waals surface area contributed by atoms with Crippen molar-refractivity contribution >= 4 is 28.5 Å². The molecular formula is C12H19N3O3S. The smallest absolute Gasteiger partial charge is 0.326 e. The normalized spacial score (nSPS) is 12.8. The number of nitrogens with zero attached hydrogens (tertiary/aromatic N) is 1. The molecule has 1 aromatic rings. The predicted octanol–water partition coefficient (Wildman–Crippen LogP) is 2.43. The third kappa shape index (κ3) is 4.51. The van der Waals surface area contributed by atoms with E-state index in [1.165, 1.54) is 11.3 Å². The molecule has 106 valence electrons. The number of carboxylic acids is 1. The van der Waals surface area contributed by atoms with Crippen LogP contribution in [0.4, 0.5) is 9.93 Å². The van der Waals surface area contributed by atoms with Gasteiger partial charge in [0.1, 0.15) is 6.04 Å². The van der Waals surface area contributed by atoms with Gasteiger partial charge in [-0.3, -0.25) is 5.32 Å². The number of hydrogen-bond donors (Lipinski definition) is 3. The van der Waals surface area contributed by atoms with Gasteiger partial charge in [0.25, 0.3) is 0 Å². The molecule has 0 aliphatic rings. The summed E-state index contributed by atoms with van der Waals surface area (Å²) in [5.74, 6) is -1.05. The summed E-state index contributed by atoms with van der Waals surface area (Å²) in [4.78, 5) is 26.7. The van der Waals surface area contributed by atoms with Crippen molar-refractivity contribution in [3.8, 4) is 0 Å². The van der Waals surface area contributed by atoms with E-state index in [-0.39, 0.29) is 5.41 Å². The van der Waals surface area contributed by atoms with E-state index in [9.17, 15) is 9.59 Å². The maximum absolute atomic E-state index is 11.6. The van der Waals surface area contributed by atoms with Gasteiger partial charge in [-0.05, 0) is 6.42 Å². The van der Waals surface area contributed by atoms with Crippen LogP contribution in [0.15, 0.2) is 5.38 Å². The quantitative estimate of drug-likeness (QED) is 0.792. The summed E-state index contributed by atoms with van der Waals surface area (Å²) in [5.41, 5.74) is 0.804. The minimum atomic E-state index is -1.05. The van der Waals surface area contributed by atoms with E-state index in [2.05, 4.69) is 15.6 Å². The molecule has 7 heteroatoms. The predicted molar refractivity (Wildman–Crippen MR) is 74.7 cm³/mol. The van der Waals surface area contributed by atoms with Crippen LogP contribution in [0.25, 0.3) is 0 Å². The van der Waals surface area contributed by atoms with Crippen LogP contribution >= 0.6 is 11.3 Å². The van der Waals surface area contributed by atoms with Crippen LogP contribution in [0.3, 0.4) is 0 Å². The zero-order chi connectivity index (χ0) is 14.6. The summed E-state index contributed by atoms with van der Waals surface area (Å²) in [7, 11) is 0. The third-order valence-electron chi connectivity index (χ3n) is 2.50. The van der Waals surface area contributed by atoms with Crippen LogP contribution in [0.2, 0.25) is 0 Å². The highest BCUT2D eigenvalue weighted by atomic mass is 32.1. The van der Waals surface area contributed by atoms with Crippen LogP contribution in [0, 0.1) is 0 Å². The second-order valence-corrected chi connectivity index (χ2v) is 6.04. The first kappa shape index (κ1) is 15.4. The van der Waals surface area contributed by atoms with Crippen LogP contribution in [-0.2, 0) is 10.2 Å². The van der Waals surface area contributed by atoms with Gasteiger partial charge in [0.15, 0.2) is 5.13 Å². The van der Waals surface area contributed by atoms with Gasteiger partial charge in [-0.1, -0.05) is 27.7 Å². The molecule has 1 rings (SSSR count). The molecule has 0 aliphatic carbocycles. The molecule has 0 bridgehead atoms. The van der Waals surface area contributed by atoms with Crippen LogP contribution in [0.1, 0.15) is 39.8 Å². The van der Waals surface area contributed by atoms with E-state index in [0.29, 0.717) is 11.6 Å². The Bertz CT molecular complexity index is 465.